The van der Waals surface area contributed by atoms with Crippen LogP contribution < -0.4 is 0 Å². The van der Waals surface area contributed by atoms with Crippen molar-refractivity contribution < 1.29 is 0 Å². The van der Waals surface area contributed by atoms with Crippen molar-refractivity contribution in [1.82, 2.24) is 9.97 Å². The number of aliphatic imine (C=N–C) groups is 2. The van der Waals surface area contributed by atoms with Gasteiger partial charge < -0.3 is 0 Å². The van der Waals surface area contributed by atoms with Crippen LogP contribution in [0.5, 0.6) is 0 Å². The average molecular weight is 489 g/mol. The molecule has 4 aromatic carbocycles. The summed E-state index contributed by atoms with van der Waals surface area (Å²) in [5.74, 6) is 0. The van der Waals surface area contributed by atoms with E-state index in [1.54, 1.807) is 18.4 Å². The topological polar surface area (TPSA) is 50.5 Å². The first-order valence-electron chi connectivity index (χ1n) is 12.4. The summed E-state index contributed by atoms with van der Waals surface area (Å²) in [4.78, 5) is 18.9. The summed E-state index contributed by atoms with van der Waals surface area (Å²) < 4.78 is 0. The lowest BCUT2D eigenvalue weighted by molar-refractivity contribution is 1.37. The van der Waals surface area contributed by atoms with Gasteiger partial charge in [0.25, 0.3) is 0 Å². The van der Waals surface area contributed by atoms with E-state index in [4.69, 9.17) is 9.98 Å². The average Bonchev–Trinajstić information content (AvgIpc) is 2.98. The lowest BCUT2D eigenvalue weighted by atomic mass is 10.00. The minimum Gasteiger partial charge on any atom is -0.255 e. The van der Waals surface area contributed by atoms with Crippen LogP contribution in [0.1, 0.15) is 5.56 Å². The van der Waals surface area contributed by atoms with Crippen molar-refractivity contribution >= 4 is 55.9 Å². The smallest absolute Gasteiger partial charge is 0.0972 e. The molecule has 4 nitrogen and oxygen atoms in total. The predicted octanol–water partition coefficient (Wildman–Crippen LogP) is 8.80. The van der Waals surface area contributed by atoms with Crippen LogP contribution in [0.4, 0.5) is 11.4 Å². The second kappa shape index (κ2) is 10.0. The Morgan fingerprint density at radius 1 is 0.684 bits per heavy atom. The maximum absolute atomic E-state index is 5.02. The fraction of sp³-hybridized carbons (Fsp3) is 0. The molecule has 6 aromatic rings. The second-order valence-corrected chi connectivity index (χ2v) is 8.89. The molecule has 0 unspecified atom stereocenters. The van der Waals surface area contributed by atoms with Gasteiger partial charge in [-0.2, -0.15) is 0 Å². The molecule has 38 heavy (non-hydrogen) atoms. The lowest BCUT2D eigenvalue weighted by Crippen LogP contribution is -1.96. The van der Waals surface area contributed by atoms with Gasteiger partial charge in [0.15, 0.2) is 0 Å². The molecule has 0 amide bonds. The molecule has 0 bridgehead atoms. The van der Waals surface area contributed by atoms with Crippen LogP contribution in [0, 0.1) is 0 Å². The monoisotopic (exact) mass is 488 g/mol. The summed E-state index contributed by atoms with van der Waals surface area (Å²) in [7, 11) is 0. The van der Waals surface area contributed by atoms with Gasteiger partial charge in [0.1, 0.15) is 0 Å². The zero-order valence-corrected chi connectivity index (χ0v) is 20.8. The lowest BCUT2D eigenvalue weighted by Gasteiger charge is -2.09. The summed E-state index contributed by atoms with van der Waals surface area (Å²) in [6, 6.07) is 32.9. The first-order chi connectivity index (χ1) is 18.7. The van der Waals surface area contributed by atoms with Crippen LogP contribution in [-0.2, 0) is 0 Å². The molecule has 2 aromatic heterocycles. The number of para-hydroxylation sites is 2. The van der Waals surface area contributed by atoms with Crippen molar-refractivity contribution in [1.29, 1.82) is 0 Å². The normalized spacial score (nSPS) is 11.9. The number of hydrogen-bond donors (Lipinski definition) is 0. The molecule has 0 saturated heterocycles. The predicted molar refractivity (Wildman–Crippen MR) is 161 cm³/mol. The highest BCUT2D eigenvalue weighted by atomic mass is 14.8. The second-order valence-electron chi connectivity index (χ2n) is 8.89. The van der Waals surface area contributed by atoms with Crippen molar-refractivity contribution in [3.8, 4) is 11.3 Å². The van der Waals surface area contributed by atoms with Gasteiger partial charge in [0, 0.05) is 34.3 Å². The number of rotatable bonds is 6. The zero-order valence-electron chi connectivity index (χ0n) is 20.8. The van der Waals surface area contributed by atoms with E-state index in [1.807, 2.05) is 36.5 Å². The maximum atomic E-state index is 5.02. The van der Waals surface area contributed by atoms with Crippen molar-refractivity contribution in [3.05, 3.63) is 134 Å². The molecule has 4 heteroatoms. The van der Waals surface area contributed by atoms with Gasteiger partial charge in [-0.1, -0.05) is 79.9 Å². The minimum atomic E-state index is 0.774. The van der Waals surface area contributed by atoms with Gasteiger partial charge in [-0.15, -0.1) is 0 Å². The highest BCUT2D eigenvalue weighted by Gasteiger charge is 2.09. The molecule has 0 atom stereocenters. The number of hydrogen-bond acceptors (Lipinski definition) is 4. The molecule has 0 aliphatic carbocycles. The van der Waals surface area contributed by atoms with Crippen LogP contribution in [0.3, 0.4) is 0 Å². The van der Waals surface area contributed by atoms with Crippen LogP contribution in [0.25, 0.3) is 43.8 Å². The molecule has 180 valence electrons. The summed E-state index contributed by atoms with van der Waals surface area (Å²) in [5, 5.41) is 4.41. The number of fused-ring (bicyclic) bond motifs is 4. The molecule has 6 rings (SSSR count). The van der Waals surface area contributed by atoms with Gasteiger partial charge in [-0.3, -0.25) is 9.98 Å². The Morgan fingerprint density at radius 3 is 2.29 bits per heavy atom. The Balaban J connectivity index is 1.43. The quantitative estimate of drug-likeness (QED) is 0.174. The van der Waals surface area contributed by atoms with E-state index in [-0.39, 0.29) is 0 Å². The first kappa shape index (κ1) is 23.2. The third-order valence-corrected chi connectivity index (χ3v) is 6.50. The van der Waals surface area contributed by atoms with Gasteiger partial charge in [0.2, 0.25) is 0 Å². The fourth-order valence-corrected chi connectivity index (χ4v) is 4.61. The van der Waals surface area contributed by atoms with Crippen LogP contribution in [0.2, 0.25) is 0 Å². The Morgan fingerprint density at radius 2 is 1.45 bits per heavy atom. The van der Waals surface area contributed by atoms with Crippen molar-refractivity contribution in [3.63, 3.8) is 0 Å². The SMILES string of the molecule is C=CC=Nc1ccccc1N=C(C=C)c1ccc2ccc(-c3ccc4ccc5cccnc5c4n3)cc2c1. The molecule has 2 heterocycles. The number of benzene rings is 4. The van der Waals surface area contributed by atoms with E-state index in [0.29, 0.717) is 0 Å². The van der Waals surface area contributed by atoms with Gasteiger partial charge in [-0.25, -0.2) is 9.98 Å². The van der Waals surface area contributed by atoms with E-state index in [2.05, 4.69) is 89.9 Å². The minimum absolute atomic E-state index is 0.774. The molecule has 0 radical (unpaired) electrons. The van der Waals surface area contributed by atoms with Gasteiger partial charge >= 0.3 is 0 Å². The van der Waals surface area contributed by atoms with Crippen molar-refractivity contribution in [2.45, 2.75) is 0 Å². The summed E-state index contributed by atoms with van der Waals surface area (Å²) in [5.41, 5.74) is 7.09. The van der Waals surface area contributed by atoms with Gasteiger partial charge in [0.05, 0.1) is 33.8 Å². The summed E-state index contributed by atoms with van der Waals surface area (Å²) in [6.45, 7) is 7.73. The summed E-state index contributed by atoms with van der Waals surface area (Å²) in [6.07, 6.45) is 6.91. The molecule has 0 aliphatic heterocycles. The Bertz CT molecular complexity index is 1910. The van der Waals surface area contributed by atoms with E-state index in [1.165, 1.54) is 0 Å². The largest absolute Gasteiger partial charge is 0.255 e. The van der Waals surface area contributed by atoms with E-state index in [9.17, 15) is 0 Å². The third-order valence-electron chi connectivity index (χ3n) is 6.50. The highest BCUT2D eigenvalue weighted by Crippen LogP contribution is 2.30. The third kappa shape index (κ3) is 4.40. The number of aromatic nitrogens is 2. The first-order valence-corrected chi connectivity index (χ1v) is 12.4. The molecular weight excluding hydrogens is 464 g/mol. The van der Waals surface area contributed by atoms with Crippen LogP contribution >= 0.6 is 0 Å². The number of pyridine rings is 2. The molecule has 0 aliphatic rings. The molecule has 0 fully saturated rings. The molecule has 0 saturated carbocycles. The Kier molecular flexibility index (Phi) is 6.12. The zero-order chi connectivity index (χ0) is 25.9. The maximum Gasteiger partial charge on any atom is 0.0972 e. The van der Waals surface area contributed by atoms with Crippen molar-refractivity contribution in [2.24, 2.45) is 9.98 Å². The number of allylic oxidation sites excluding steroid dienone is 2. The van der Waals surface area contributed by atoms with E-state index < -0.39 is 0 Å². The fourth-order valence-electron chi connectivity index (χ4n) is 4.61. The van der Waals surface area contributed by atoms with Gasteiger partial charge in [-0.05, 0) is 53.2 Å². The number of nitrogens with zero attached hydrogens (tertiary/aromatic N) is 4. The van der Waals surface area contributed by atoms with Crippen molar-refractivity contribution in [2.75, 3.05) is 0 Å². The molecule has 0 N–H and O–H groups in total. The highest BCUT2D eigenvalue weighted by molar-refractivity contribution is 6.12. The molecule has 0 spiro atoms. The van der Waals surface area contributed by atoms with E-state index >= 15 is 0 Å². The van der Waals surface area contributed by atoms with Crippen LogP contribution in [-0.4, -0.2) is 21.9 Å². The molecular formula is C34H24N4. The summed E-state index contributed by atoms with van der Waals surface area (Å²) >= 11 is 0. The van der Waals surface area contributed by atoms with E-state index in [0.717, 1.165) is 66.5 Å². The standard InChI is InChI=1S/C34H24N4/c1-3-19-35-31-9-5-6-10-32(31)37-29(4-2)26-15-11-23-12-16-27(22-28(23)21-26)30-18-17-25-14-13-24-8-7-20-36-33(24)34(25)38-30/h3-22H,1-2H2. The Labute approximate surface area is 221 Å². The van der Waals surface area contributed by atoms with Crippen LogP contribution in [0.15, 0.2) is 139 Å². The Hall–Kier alpha value is -5.22.